The van der Waals surface area contributed by atoms with Crippen LogP contribution in [0.3, 0.4) is 0 Å². The molecule has 6 heteroatoms. The van der Waals surface area contributed by atoms with Crippen molar-refractivity contribution in [1.82, 2.24) is 20.2 Å². The van der Waals surface area contributed by atoms with Crippen LogP contribution in [-0.2, 0) is 7.05 Å². The second kappa shape index (κ2) is 3.47. The fourth-order valence-electron chi connectivity index (χ4n) is 0.554. The maximum Gasteiger partial charge on any atom is 0.242 e. The summed E-state index contributed by atoms with van der Waals surface area (Å²) in [5.74, 6) is 0.630. The average molecular weight is 218 g/mol. The summed E-state index contributed by atoms with van der Waals surface area (Å²) in [6.07, 6.45) is 0. The lowest BCUT2D eigenvalue weighted by molar-refractivity contribution is 0.713. The molecule has 0 aliphatic heterocycles. The predicted molar refractivity (Wildman–Crippen MR) is 45.4 cm³/mol. The molecule has 0 saturated heterocycles. The topological polar surface area (TPSA) is 55.6 Å². The Kier molecular flexibility index (Phi) is 2.58. The summed E-state index contributed by atoms with van der Waals surface area (Å²) in [6, 6.07) is 0. The van der Waals surface area contributed by atoms with E-state index in [0.717, 1.165) is 4.48 Å². The van der Waals surface area contributed by atoms with Crippen molar-refractivity contribution in [3.05, 3.63) is 11.1 Å². The van der Waals surface area contributed by atoms with Gasteiger partial charge >= 0.3 is 0 Å². The number of aryl methyl sites for hydroxylation is 1. The normalized spacial score (nSPS) is 9.64. The van der Waals surface area contributed by atoms with Crippen molar-refractivity contribution in [2.24, 2.45) is 7.05 Å². The third-order valence-corrected chi connectivity index (χ3v) is 1.34. The van der Waals surface area contributed by atoms with Crippen molar-refractivity contribution < 1.29 is 0 Å². The molecule has 0 aromatic carbocycles. The second-order valence-electron chi connectivity index (χ2n) is 2.00. The first-order valence-corrected chi connectivity index (χ1v) is 3.79. The molecule has 5 nitrogen and oxygen atoms in total. The molecule has 11 heavy (non-hydrogen) atoms. The SMILES string of the molecule is C=C(Br)CNc1nnnn1C. The van der Waals surface area contributed by atoms with Gasteiger partial charge in [0.2, 0.25) is 5.95 Å². The molecular weight excluding hydrogens is 210 g/mol. The molecule has 0 aliphatic rings. The van der Waals surface area contributed by atoms with Crippen molar-refractivity contribution in [3.8, 4) is 0 Å². The average Bonchev–Trinajstić information content (AvgIpc) is 2.31. The van der Waals surface area contributed by atoms with Gasteiger partial charge < -0.3 is 5.32 Å². The number of tetrazole rings is 1. The number of nitrogens with one attached hydrogen (secondary N) is 1. The van der Waals surface area contributed by atoms with Gasteiger partial charge in [0.1, 0.15) is 0 Å². The molecule has 1 aromatic heterocycles. The number of anilines is 1. The van der Waals surface area contributed by atoms with Gasteiger partial charge in [-0.2, -0.15) is 0 Å². The summed E-state index contributed by atoms with van der Waals surface area (Å²) in [5, 5.41) is 13.8. The van der Waals surface area contributed by atoms with Gasteiger partial charge in [0, 0.05) is 18.1 Å². The summed E-state index contributed by atoms with van der Waals surface area (Å²) in [7, 11) is 1.76. The standard InChI is InChI=1S/C5H8BrN5/c1-4(6)3-7-5-8-9-10-11(5)2/h1,3H2,2H3,(H,7,8,10). The Balaban J connectivity index is 2.51. The lowest BCUT2D eigenvalue weighted by Crippen LogP contribution is -2.06. The maximum atomic E-state index is 3.72. The van der Waals surface area contributed by atoms with Crippen LogP contribution in [0.1, 0.15) is 0 Å². The van der Waals surface area contributed by atoms with E-state index in [1.54, 1.807) is 11.7 Å². The van der Waals surface area contributed by atoms with Crippen LogP contribution in [-0.4, -0.2) is 26.8 Å². The minimum Gasteiger partial charge on any atom is -0.348 e. The highest BCUT2D eigenvalue weighted by Crippen LogP contribution is 2.02. The minimum atomic E-state index is 0.619. The first-order chi connectivity index (χ1) is 5.20. The number of aromatic nitrogens is 4. The minimum absolute atomic E-state index is 0.619. The number of nitrogens with zero attached hydrogens (tertiary/aromatic N) is 4. The molecule has 0 aliphatic carbocycles. The van der Waals surface area contributed by atoms with E-state index in [4.69, 9.17) is 0 Å². The monoisotopic (exact) mass is 217 g/mol. The van der Waals surface area contributed by atoms with Crippen LogP contribution in [0.15, 0.2) is 11.1 Å². The fraction of sp³-hybridized carbons (Fsp3) is 0.400. The molecule has 1 heterocycles. The van der Waals surface area contributed by atoms with E-state index in [2.05, 4.69) is 43.4 Å². The first-order valence-electron chi connectivity index (χ1n) is 2.99. The summed E-state index contributed by atoms with van der Waals surface area (Å²) in [4.78, 5) is 0. The summed E-state index contributed by atoms with van der Waals surface area (Å²) < 4.78 is 2.41. The Labute approximate surface area is 72.6 Å². The predicted octanol–water partition coefficient (Wildman–Crippen LogP) is 0.531. The summed E-state index contributed by atoms with van der Waals surface area (Å²) in [5.41, 5.74) is 0. The Morgan fingerprint density at radius 3 is 3.00 bits per heavy atom. The van der Waals surface area contributed by atoms with Crippen LogP contribution in [0.25, 0.3) is 0 Å². The molecule has 60 valence electrons. The molecule has 1 aromatic rings. The first kappa shape index (κ1) is 8.19. The van der Waals surface area contributed by atoms with Gasteiger partial charge in [0.05, 0.1) is 0 Å². The van der Waals surface area contributed by atoms with Crippen LogP contribution >= 0.6 is 15.9 Å². The van der Waals surface area contributed by atoms with Crippen LogP contribution in [0.2, 0.25) is 0 Å². The lowest BCUT2D eigenvalue weighted by atomic mass is 10.6. The zero-order valence-electron chi connectivity index (χ0n) is 6.08. The van der Waals surface area contributed by atoms with Crippen LogP contribution in [0.5, 0.6) is 0 Å². The zero-order chi connectivity index (χ0) is 8.27. The van der Waals surface area contributed by atoms with Crippen LogP contribution in [0.4, 0.5) is 5.95 Å². The van der Waals surface area contributed by atoms with Crippen molar-refractivity contribution in [2.45, 2.75) is 0 Å². The van der Waals surface area contributed by atoms with Gasteiger partial charge in [-0.25, -0.2) is 4.68 Å². The molecule has 0 radical (unpaired) electrons. The molecule has 0 saturated carbocycles. The molecule has 0 fully saturated rings. The van der Waals surface area contributed by atoms with E-state index in [1.807, 2.05) is 0 Å². The van der Waals surface area contributed by atoms with Crippen molar-refractivity contribution in [1.29, 1.82) is 0 Å². The molecular formula is C5H8BrN5. The number of hydrogen-bond acceptors (Lipinski definition) is 4. The van der Waals surface area contributed by atoms with Gasteiger partial charge in [-0.1, -0.05) is 27.6 Å². The molecule has 0 amide bonds. The van der Waals surface area contributed by atoms with Gasteiger partial charge in [0.15, 0.2) is 0 Å². The van der Waals surface area contributed by atoms with Crippen molar-refractivity contribution in [2.75, 3.05) is 11.9 Å². The number of rotatable bonds is 3. The van der Waals surface area contributed by atoms with Gasteiger partial charge in [-0.3, -0.25) is 0 Å². The van der Waals surface area contributed by atoms with E-state index in [0.29, 0.717) is 12.5 Å². The van der Waals surface area contributed by atoms with Crippen molar-refractivity contribution >= 4 is 21.9 Å². The maximum absolute atomic E-state index is 3.72. The highest BCUT2D eigenvalue weighted by molar-refractivity contribution is 9.11. The Hall–Kier alpha value is -0.910. The van der Waals surface area contributed by atoms with E-state index < -0.39 is 0 Å². The Bertz CT molecular complexity index is 255. The molecule has 0 bridgehead atoms. The van der Waals surface area contributed by atoms with Gasteiger partial charge in [0.25, 0.3) is 0 Å². The van der Waals surface area contributed by atoms with E-state index >= 15 is 0 Å². The Morgan fingerprint density at radius 2 is 2.55 bits per heavy atom. The highest BCUT2D eigenvalue weighted by atomic mass is 79.9. The molecule has 1 rings (SSSR count). The third-order valence-electron chi connectivity index (χ3n) is 1.06. The summed E-state index contributed by atoms with van der Waals surface area (Å²) >= 11 is 3.21. The molecule has 1 N–H and O–H groups in total. The van der Waals surface area contributed by atoms with Crippen LogP contribution < -0.4 is 5.32 Å². The van der Waals surface area contributed by atoms with Crippen molar-refractivity contribution in [3.63, 3.8) is 0 Å². The number of hydrogen-bond donors (Lipinski definition) is 1. The quantitative estimate of drug-likeness (QED) is 0.803. The van der Waals surface area contributed by atoms with Crippen LogP contribution in [0, 0.1) is 0 Å². The second-order valence-corrected chi connectivity index (χ2v) is 3.12. The third kappa shape index (κ3) is 2.30. The zero-order valence-corrected chi connectivity index (χ0v) is 7.67. The number of halogens is 1. The largest absolute Gasteiger partial charge is 0.348 e. The lowest BCUT2D eigenvalue weighted by Gasteiger charge is -2.00. The fourth-order valence-corrected chi connectivity index (χ4v) is 0.694. The van der Waals surface area contributed by atoms with E-state index in [-0.39, 0.29) is 0 Å². The van der Waals surface area contributed by atoms with Gasteiger partial charge in [-0.15, -0.1) is 0 Å². The van der Waals surface area contributed by atoms with Gasteiger partial charge in [-0.05, 0) is 10.4 Å². The Morgan fingerprint density at radius 1 is 1.82 bits per heavy atom. The summed E-state index contributed by atoms with van der Waals surface area (Å²) in [6.45, 7) is 4.28. The smallest absolute Gasteiger partial charge is 0.242 e. The highest BCUT2D eigenvalue weighted by Gasteiger charge is 1.98. The van der Waals surface area contributed by atoms with E-state index in [1.165, 1.54) is 0 Å². The molecule has 0 spiro atoms. The van der Waals surface area contributed by atoms with E-state index in [9.17, 15) is 0 Å². The molecule has 0 atom stereocenters. The molecule has 0 unspecified atom stereocenters.